The summed E-state index contributed by atoms with van der Waals surface area (Å²) in [5.74, 6) is 0.785. The Morgan fingerprint density at radius 3 is 2.35 bits per heavy atom. The summed E-state index contributed by atoms with van der Waals surface area (Å²) in [7, 11) is 0. The van der Waals surface area contributed by atoms with Crippen LogP contribution in [-0.4, -0.2) is 51.5 Å². The molecule has 9 nitrogen and oxygen atoms in total. The minimum atomic E-state index is -0.250. The molecule has 194 valence electrons. The zero-order valence-corrected chi connectivity index (χ0v) is 26.2. The molecule has 1 aliphatic heterocycles. The molecule has 0 atom stereocenters. The first-order valence-electron chi connectivity index (χ1n) is 12.6. The maximum absolute atomic E-state index is 13.3. The number of hydrogen-bond acceptors (Lipinski definition) is 7. The number of nitrogens with one attached hydrogen (secondary N) is 1. The molecule has 1 aliphatic carbocycles. The summed E-state index contributed by atoms with van der Waals surface area (Å²) in [6.45, 7) is 10.7. The van der Waals surface area contributed by atoms with Crippen LogP contribution in [0.5, 0.6) is 0 Å². The van der Waals surface area contributed by atoms with E-state index in [-0.39, 0.29) is 81.8 Å². The molecule has 0 unspecified atom stereocenters. The molecular weight excluding hydrogens is 493 g/mol. The fraction of sp³-hybridized carbons (Fsp3) is 0.481. The van der Waals surface area contributed by atoms with Crippen molar-refractivity contribution in [3.8, 4) is 0 Å². The molecule has 0 amide bonds. The number of carbonyl (C=O) groups is 1. The molecule has 10 heteroatoms. The average molecular weight is 531 g/mol. The summed E-state index contributed by atoms with van der Waals surface area (Å²) in [6, 6.07) is 3.98. The number of pyridine rings is 2. The van der Waals surface area contributed by atoms with Gasteiger partial charge in [0.2, 0.25) is 5.95 Å². The van der Waals surface area contributed by atoms with E-state index in [1.54, 1.807) is 17.7 Å². The van der Waals surface area contributed by atoms with Crippen molar-refractivity contribution < 1.29 is 56.2 Å². The normalized spacial score (nSPS) is 15.3. The predicted molar refractivity (Wildman–Crippen MR) is 147 cm³/mol. The van der Waals surface area contributed by atoms with Gasteiger partial charge in [0, 0.05) is 17.6 Å². The number of nitrogens with zero attached hydrogens (tertiary/aromatic N) is 6. The molecule has 4 heterocycles. The van der Waals surface area contributed by atoms with Crippen LogP contribution in [0.25, 0.3) is 16.4 Å². The van der Waals surface area contributed by atoms with Gasteiger partial charge in [-0.1, -0.05) is 26.7 Å². The molecule has 2 aliphatic rings. The number of aromatic nitrogens is 4. The molecule has 3 aromatic heterocycles. The molecule has 1 saturated carbocycles. The van der Waals surface area contributed by atoms with Gasteiger partial charge in [-0.2, -0.15) is 4.98 Å². The number of fused-ring (bicyclic) bond motifs is 1. The van der Waals surface area contributed by atoms with Crippen LogP contribution in [0.2, 0.25) is 0 Å². The Morgan fingerprint density at radius 1 is 1.08 bits per heavy atom. The Bertz CT molecular complexity index is 1250. The number of Topliss-reactive ketones (excluding diaryl/α,β-unsaturated/α-hetero) is 1. The van der Waals surface area contributed by atoms with Gasteiger partial charge in [-0.3, -0.25) is 14.2 Å². The monoisotopic (exact) mass is 530 g/mol. The zero-order chi connectivity index (χ0) is 24.9. The predicted octanol–water partition coefficient (Wildman–Crippen LogP) is 2.23. The number of anilines is 3. The van der Waals surface area contributed by atoms with Crippen LogP contribution in [0.1, 0.15) is 68.4 Å². The summed E-state index contributed by atoms with van der Waals surface area (Å²) in [4.78, 5) is 41.6. The Kier molecular flexibility index (Phi) is 12.3. The molecular formula is C27H37KN7O2-. The Hall–Kier alpha value is -1.69. The standard InChI is InChI=1S/C24H28N7O2.C2H6.CH3.K/c1-15-19-14-27-24(28-20-8-7-18(13-26-20)30-11-9-25-10-12-30)29-22(19)31(17-5-3-4-6-17)23(33)21(15)16(2)32;1-2;;/h7-8,13-14,17H,3-6,9-12H2,1-2H3,(H,26,27,28,29);1-2H3;1H3;/q-1;;-1;+1. The van der Waals surface area contributed by atoms with Gasteiger partial charge in [0.25, 0.3) is 5.56 Å². The fourth-order valence-corrected chi connectivity index (χ4v) is 4.94. The van der Waals surface area contributed by atoms with E-state index >= 15 is 0 Å². The van der Waals surface area contributed by atoms with E-state index in [0.717, 1.165) is 62.9 Å². The molecule has 5 rings (SSSR count). The molecule has 3 aromatic rings. The van der Waals surface area contributed by atoms with Gasteiger partial charge in [-0.15, -0.1) is 13.1 Å². The first-order valence-corrected chi connectivity index (χ1v) is 12.6. The maximum atomic E-state index is 13.3. The van der Waals surface area contributed by atoms with Gasteiger partial charge in [0.05, 0.1) is 17.4 Å². The number of aryl methyl sites for hydroxylation is 1. The van der Waals surface area contributed by atoms with Crippen LogP contribution in [0.3, 0.4) is 0 Å². The molecule has 0 spiro atoms. The number of hydrogen-bond donors (Lipinski definition) is 1. The van der Waals surface area contributed by atoms with E-state index < -0.39 is 0 Å². The summed E-state index contributed by atoms with van der Waals surface area (Å²) in [5, 5.41) is 8.28. The molecule has 1 saturated heterocycles. The number of ketones is 1. The second-order valence-electron chi connectivity index (χ2n) is 8.79. The number of rotatable bonds is 5. The van der Waals surface area contributed by atoms with E-state index in [1.165, 1.54) is 6.92 Å². The van der Waals surface area contributed by atoms with Gasteiger partial charge in [-0.05, 0) is 57.5 Å². The van der Waals surface area contributed by atoms with Crippen LogP contribution < -0.4 is 67.2 Å². The van der Waals surface area contributed by atoms with Crippen LogP contribution in [0.4, 0.5) is 17.5 Å². The van der Waals surface area contributed by atoms with Crippen LogP contribution >= 0.6 is 0 Å². The van der Waals surface area contributed by atoms with Crippen molar-refractivity contribution in [1.29, 1.82) is 0 Å². The first kappa shape index (κ1) is 31.5. The SMILES string of the molecule is CC.CC(=O)c1c(C)c2cnc(Nc3ccc(N4CC[N-]CC4)cn3)nc2n(C2CCCC2)c1=O.[CH3-].[K+]. The summed E-state index contributed by atoms with van der Waals surface area (Å²) < 4.78 is 1.72. The van der Waals surface area contributed by atoms with Crippen molar-refractivity contribution in [3.05, 3.63) is 58.8 Å². The van der Waals surface area contributed by atoms with Crippen molar-refractivity contribution in [2.75, 3.05) is 36.4 Å². The van der Waals surface area contributed by atoms with E-state index in [2.05, 4.69) is 25.5 Å². The fourth-order valence-electron chi connectivity index (χ4n) is 4.94. The Balaban J connectivity index is 0.00000118. The summed E-state index contributed by atoms with van der Waals surface area (Å²) in [5.41, 5.74) is 2.26. The third-order valence-corrected chi connectivity index (χ3v) is 6.66. The average Bonchev–Trinajstić information content (AvgIpc) is 3.40. The van der Waals surface area contributed by atoms with Gasteiger partial charge < -0.3 is 23.0 Å². The minimum Gasteiger partial charge on any atom is -0.659 e. The molecule has 2 fully saturated rings. The van der Waals surface area contributed by atoms with E-state index in [1.807, 2.05) is 32.2 Å². The van der Waals surface area contributed by atoms with E-state index in [9.17, 15) is 9.59 Å². The Labute approximate surface area is 262 Å². The molecule has 1 N–H and O–H groups in total. The summed E-state index contributed by atoms with van der Waals surface area (Å²) >= 11 is 0. The number of carbonyl (C=O) groups excluding carboxylic acids is 1. The topological polar surface area (TPSA) is 107 Å². The van der Waals surface area contributed by atoms with Gasteiger partial charge in [-0.25, -0.2) is 9.97 Å². The molecule has 0 aromatic carbocycles. The van der Waals surface area contributed by atoms with Gasteiger partial charge in [0.15, 0.2) is 5.78 Å². The smallest absolute Gasteiger partial charge is 0.659 e. The van der Waals surface area contributed by atoms with Crippen molar-refractivity contribution in [3.63, 3.8) is 0 Å². The largest absolute Gasteiger partial charge is 1.00 e. The van der Waals surface area contributed by atoms with Crippen molar-refractivity contribution in [2.45, 2.75) is 59.4 Å². The Morgan fingerprint density at radius 2 is 1.76 bits per heavy atom. The van der Waals surface area contributed by atoms with Gasteiger partial charge >= 0.3 is 51.4 Å². The maximum Gasteiger partial charge on any atom is 1.00 e. The second-order valence-corrected chi connectivity index (χ2v) is 8.79. The first-order chi connectivity index (χ1) is 17.0. The van der Waals surface area contributed by atoms with E-state index in [4.69, 9.17) is 4.98 Å². The van der Waals surface area contributed by atoms with Crippen LogP contribution in [0, 0.1) is 14.4 Å². The number of piperazine rings is 1. The molecule has 37 heavy (non-hydrogen) atoms. The quantitative estimate of drug-likeness (QED) is 0.306. The van der Waals surface area contributed by atoms with Crippen molar-refractivity contribution >= 4 is 34.3 Å². The van der Waals surface area contributed by atoms with Crippen LogP contribution in [0.15, 0.2) is 29.3 Å². The third kappa shape index (κ3) is 6.85. The second kappa shape index (κ2) is 14.5. The van der Waals surface area contributed by atoms with Crippen molar-refractivity contribution in [1.82, 2.24) is 19.5 Å². The summed E-state index contributed by atoms with van der Waals surface area (Å²) in [6.07, 6.45) is 7.50. The van der Waals surface area contributed by atoms with E-state index in [0.29, 0.717) is 23.0 Å². The molecule has 0 radical (unpaired) electrons. The third-order valence-electron chi connectivity index (χ3n) is 6.66. The van der Waals surface area contributed by atoms with Crippen molar-refractivity contribution in [2.24, 2.45) is 0 Å². The van der Waals surface area contributed by atoms with Gasteiger partial charge in [0.1, 0.15) is 11.5 Å². The zero-order valence-electron chi connectivity index (χ0n) is 23.0. The minimum absolute atomic E-state index is 0. The molecule has 0 bridgehead atoms. The van der Waals surface area contributed by atoms with Crippen LogP contribution in [-0.2, 0) is 0 Å².